The number of hydrogen-bond donors (Lipinski definition) is 2. The lowest BCUT2D eigenvalue weighted by Gasteiger charge is -2.37. The first-order chi connectivity index (χ1) is 17.2. The van der Waals surface area contributed by atoms with Crippen molar-refractivity contribution in [2.45, 2.75) is 84.5 Å². The fraction of sp³-hybridized carbons (Fsp3) is 0.593. The summed E-state index contributed by atoms with van der Waals surface area (Å²) in [6, 6.07) is 5.60. The number of nitrogens with zero attached hydrogens (tertiary/aromatic N) is 1. The molecule has 204 valence electrons. The first-order valence-corrected chi connectivity index (χ1v) is 12.6. The lowest BCUT2D eigenvalue weighted by molar-refractivity contribution is -0.786. The number of hydrogen-bond acceptors (Lipinski definition) is 7. The number of likely N-dealkylation sites (tertiary alicyclic amines) is 1. The van der Waals surface area contributed by atoms with E-state index in [0.717, 1.165) is 12.7 Å². The summed E-state index contributed by atoms with van der Waals surface area (Å²) < 4.78 is 9.36. The molecule has 10 nitrogen and oxygen atoms in total. The third kappa shape index (κ3) is 7.38. The molecule has 0 aromatic heterocycles. The van der Waals surface area contributed by atoms with Gasteiger partial charge in [-0.25, -0.2) is 19.2 Å². The number of urea groups is 1. The van der Waals surface area contributed by atoms with E-state index in [2.05, 4.69) is 15.4 Å². The van der Waals surface area contributed by atoms with Gasteiger partial charge in [-0.15, -0.1) is 0 Å². The van der Waals surface area contributed by atoms with Gasteiger partial charge in [0.1, 0.15) is 17.7 Å². The number of imide groups is 1. The summed E-state index contributed by atoms with van der Waals surface area (Å²) in [6.45, 7) is 10.7. The molecule has 1 aromatic carbocycles. The van der Waals surface area contributed by atoms with E-state index in [4.69, 9.17) is 4.74 Å². The number of methoxy groups -OCH3 is 1. The van der Waals surface area contributed by atoms with Crippen LogP contribution in [0, 0.1) is 5.92 Å². The van der Waals surface area contributed by atoms with Crippen LogP contribution in [-0.4, -0.2) is 71.6 Å². The highest BCUT2D eigenvalue weighted by molar-refractivity contribution is 6.36. The van der Waals surface area contributed by atoms with Gasteiger partial charge >= 0.3 is 24.0 Å². The molecule has 0 radical (unpaired) electrons. The minimum atomic E-state index is -1.23. The standard InChI is InChI=1S/C27H39N3O7/c1-17(2)21(29-26(35)37-27(4,5)6)23(32)30(15-11-12-18(30)3)25(34)28-20(22(31)24(33)36-7)16-19-13-9-8-10-14-19/h8-10,13-14,17-18,20-21H,11-12,15-16H2,1-7H3,(H-,28,29,34,35)/p+1/t18-,20?,21+,30?/m1/s1. The Bertz CT molecular complexity index is 1000. The van der Waals surface area contributed by atoms with Crippen molar-refractivity contribution in [1.29, 1.82) is 0 Å². The highest BCUT2D eigenvalue weighted by Gasteiger charge is 2.56. The van der Waals surface area contributed by atoms with Crippen molar-refractivity contribution in [2.75, 3.05) is 13.7 Å². The Morgan fingerprint density at radius 1 is 1.05 bits per heavy atom. The zero-order valence-corrected chi connectivity index (χ0v) is 22.8. The number of esters is 1. The topological polar surface area (TPSA) is 128 Å². The number of carbonyl (C=O) groups is 5. The summed E-state index contributed by atoms with van der Waals surface area (Å²) in [6.07, 6.45) is 0.497. The van der Waals surface area contributed by atoms with Crippen LogP contribution in [-0.2, 0) is 30.3 Å². The Morgan fingerprint density at radius 3 is 2.16 bits per heavy atom. The number of ketones is 1. The third-order valence-corrected chi connectivity index (χ3v) is 6.53. The Hall–Kier alpha value is -3.27. The Balaban J connectivity index is 2.40. The van der Waals surface area contributed by atoms with Crippen molar-refractivity contribution in [3.05, 3.63) is 35.9 Å². The second-order valence-corrected chi connectivity index (χ2v) is 10.8. The van der Waals surface area contributed by atoms with Crippen LogP contribution >= 0.6 is 0 Å². The highest BCUT2D eigenvalue weighted by atomic mass is 16.6. The molecule has 37 heavy (non-hydrogen) atoms. The van der Waals surface area contributed by atoms with Crippen LogP contribution in [0.25, 0.3) is 0 Å². The number of ether oxygens (including phenoxy) is 2. The fourth-order valence-corrected chi connectivity index (χ4v) is 4.57. The van der Waals surface area contributed by atoms with Crippen LogP contribution in [0.5, 0.6) is 0 Å². The van der Waals surface area contributed by atoms with E-state index in [9.17, 15) is 24.0 Å². The van der Waals surface area contributed by atoms with E-state index in [-0.39, 0.29) is 18.9 Å². The maximum Gasteiger partial charge on any atom is 0.424 e. The molecule has 1 fully saturated rings. The molecule has 0 bridgehead atoms. The minimum absolute atomic E-state index is 0.0485. The van der Waals surface area contributed by atoms with Gasteiger partial charge in [0, 0.05) is 19.3 Å². The number of benzene rings is 1. The van der Waals surface area contributed by atoms with E-state index in [1.807, 2.05) is 6.07 Å². The molecule has 0 saturated carbocycles. The van der Waals surface area contributed by atoms with E-state index in [1.54, 1.807) is 65.8 Å². The van der Waals surface area contributed by atoms with Gasteiger partial charge in [0.25, 0.3) is 5.78 Å². The molecule has 1 aliphatic rings. The molecule has 1 aliphatic heterocycles. The fourth-order valence-electron chi connectivity index (χ4n) is 4.57. The molecule has 0 aliphatic carbocycles. The number of amides is 4. The van der Waals surface area contributed by atoms with Crippen LogP contribution in [0.3, 0.4) is 0 Å². The second kappa shape index (κ2) is 12.3. The predicted octanol–water partition coefficient (Wildman–Crippen LogP) is 3.12. The molecular weight excluding hydrogens is 478 g/mol. The number of nitrogens with one attached hydrogen (secondary N) is 2. The lowest BCUT2D eigenvalue weighted by Crippen LogP contribution is -2.69. The quantitative estimate of drug-likeness (QED) is 0.307. The van der Waals surface area contributed by atoms with Crippen LogP contribution < -0.4 is 10.6 Å². The minimum Gasteiger partial charge on any atom is -0.463 e. The number of quaternary nitrogens is 1. The van der Waals surface area contributed by atoms with Gasteiger partial charge in [-0.1, -0.05) is 44.2 Å². The van der Waals surface area contributed by atoms with Gasteiger partial charge in [0.15, 0.2) is 6.04 Å². The van der Waals surface area contributed by atoms with Gasteiger partial charge < -0.3 is 14.8 Å². The third-order valence-electron chi connectivity index (χ3n) is 6.53. The monoisotopic (exact) mass is 518 g/mol. The molecule has 2 N–H and O–H groups in total. The summed E-state index contributed by atoms with van der Waals surface area (Å²) in [4.78, 5) is 65.4. The molecule has 0 spiro atoms. The van der Waals surface area contributed by atoms with Gasteiger partial charge in [0.2, 0.25) is 0 Å². The number of alkyl carbamates (subject to hydrolysis) is 1. The predicted molar refractivity (Wildman–Crippen MR) is 136 cm³/mol. The molecule has 4 amide bonds. The number of Topliss-reactive ketones (excluding diaryl/α,β-unsaturated/α-hetero) is 1. The summed E-state index contributed by atoms with van der Waals surface area (Å²) in [5, 5.41) is 5.32. The zero-order valence-electron chi connectivity index (χ0n) is 22.8. The maximum atomic E-state index is 14.0. The molecule has 2 unspecified atom stereocenters. The highest BCUT2D eigenvalue weighted by Crippen LogP contribution is 2.30. The van der Waals surface area contributed by atoms with Gasteiger partial charge in [-0.3, -0.25) is 10.1 Å². The molecule has 1 aromatic rings. The van der Waals surface area contributed by atoms with Gasteiger partial charge in [0.05, 0.1) is 13.7 Å². The van der Waals surface area contributed by atoms with Crippen LogP contribution in [0.15, 0.2) is 30.3 Å². The maximum absolute atomic E-state index is 14.0. The van der Waals surface area contributed by atoms with Crippen LogP contribution in [0.4, 0.5) is 9.59 Å². The van der Waals surface area contributed by atoms with Crippen molar-refractivity contribution >= 4 is 29.8 Å². The molecular formula is C27H40N3O7+. The largest absolute Gasteiger partial charge is 0.463 e. The van der Waals surface area contributed by atoms with Gasteiger partial charge in [-0.2, -0.15) is 4.48 Å². The molecule has 1 heterocycles. The SMILES string of the molecule is COC(=O)C(=O)C(Cc1ccccc1)NC(=O)[N+]1(C(=O)[C@@H](NC(=O)OC(C)(C)C)C(C)C)CCC[C@H]1C. The van der Waals surface area contributed by atoms with Crippen molar-refractivity contribution in [3.8, 4) is 0 Å². The summed E-state index contributed by atoms with van der Waals surface area (Å²) in [5.41, 5.74) is -0.0398. The molecule has 1 saturated heterocycles. The molecule has 10 heteroatoms. The lowest BCUT2D eigenvalue weighted by atomic mass is 10.00. The van der Waals surface area contributed by atoms with E-state index >= 15 is 0 Å². The smallest absolute Gasteiger partial charge is 0.424 e. The summed E-state index contributed by atoms with van der Waals surface area (Å²) in [5.74, 6) is -2.83. The first kappa shape index (κ1) is 30.0. The molecule has 2 rings (SSSR count). The van der Waals surface area contributed by atoms with Crippen LogP contribution in [0.2, 0.25) is 0 Å². The Morgan fingerprint density at radius 2 is 1.68 bits per heavy atom. The van der Waals surface area contributed by atoms with E-state index < -0.39 is 58.0 Å². The van der Waals surface area contributed by atoms with Crippen molar-refractivity contribution in [3.63, 3.8) is 0 Å². The number of rotatable bonds is 8. The summed E-state index contributed by atoms with van der Waals surface area (Å²) >= 11 is 0. The van der Waals surface area contributed by atoms with Crippen LogP contribution in [0.1, 0.15) is 59.9 Å². The van der Waals surface area contributed by atoms with Gasteiger partial charge in [-0.05, 0) is 39.2 Å². The molecule has 4 atom stereocenters. The first-order valence-electron chi connectivity index (χ1n) is 12.6. The summed E-state index contributed by atoms with van der Waals surface area (Å²) in [7, 11) is 1.09. The van der Waals surface area contributed by atoms with Crippen molar-refractivity contribution < 1.29 is 37.9 Å². The zero-order chi connectivity index (χ0) is 28.0. The average molecular weight is 519 g/mol. The van der Waals surface area contributed by atoms with E-state index in [0.29, 0.717) is 12.8 Å². The van der Waals surface area contributed by atoms with Crippen molar-refractivity contribution in [1.82, 2.24) is 10.6 Å². The second-order valence-electron chi connectivity index (χ2n) is 10.8. The number of carbonyl (C=O) groups excluding carboxylic acids is 5. The average Bonchev–Trinajstić information content (AvgIpc) is 3.22. The Kier molecular flexibility index (Phi) is 9.97. The van der Waals surface area contributed by atoms with E-state index in [1.165, 1.54) is 0 Å². The Labute approximate surface area is 218 Å². The van der Waals surface area contributed by atoms with Crippen molar-refractivity contribution in [2.24, 2.45) is 5.92 Å². The normalized spacial score (nSPS) is 21.0.